The third-order valence-corrected chi connectivity index (χ3v) is 2.35. The van der Waals surface area contributed by atoms with Gasteiger partial charge in [0.15, 0.2) is 0 Å². The molecule has 0 saturated heterocycles. The summed E-state index contributed by atoms with van der Waals surface area (Å²) in [5.41, 5.74) is 8.22. The number of rotatable bonds is 2. The van der Waals surface area contributed by atoms with Crippen LogP contribution >= 0.6 is 0 Å². The molecule has 0 aliphatic rings. The van der Waals surface area contributed by atoms with Crippen LogP contribution in [-0.4, -0.2) is 21.0 Å². The first-order valence-corrected chi connectivity index (χ1v) is 5.81. The molecule has 0 radical (unpaired) electrons. The van der Waals surface area contributed by atoms with Gasteiger partial charge in [-0.3, -0.25) is 5.32 Å². The number of nitrogens with zero attached hydrogens (tertiary/aromatic N) is 2. The number of aryl methyl sites for hydroxylation is 2. The van der Waals surface area contributed by atoms with Crippen molar-refractivity contribution < 1.29 is 10.1 Å². The highest BCUT2D eigenvalue weighted by Crippen LogP contribution is 2.14. The maximum atomic E-state index is 9.35. The summed E-state index contributed by atoms with van der Waals surface area (Å²) in [6, 6.07) is 8.54. The minimum Gasteiger partial charge on any atom is -0.508 e. The number of anilines is 1. The van der Waals surface area contributed by atoms with Crippen molar-refractivity contribution in [2.45, 2.75) is 13.8 Å². The van der Waals surface area contributed by atoms with Crippen molar-refractivity contribution in [2.24, 2.45) is 5.73 Å². The molecule has 1 aromatic carbocycles. The standard InChI is InChI=1S/C13H15N5O/c1-8-6-9(2)16-13(15-8)18-12(14)17-10-4-3-5-11(19)7-10/h3-7,19H,1-2H3,(H3,14,15,16,17,18)/p+1. The van der Waals surface area contributed by atoms with Crippen molar-refractivity contribution in [1.82, 2.24) is 9.97 Å². The summed E-state index contributed by atoms with van der Waals surface area (Å²) in [6.45, 7) is 3.78. The number of benzene rings is 1. The molecule has 6 heteroatoms. The summed E-state index contributed by atoms with van der Waals surface area (Å²) < 4.78 is 0. The third kappa shape index (κ3) is 3.67. The average Bonchev–Trinajstić information content (AvgIpc) is 2.26. The van der Waals surface area contributed by atoms with E-state index in [1.807, 2.05) is 19.9 Å². The van der Waals surface area contributed by atoms with Crippen LogP contribution < -0.4 is 16.0 Å². The SMILES string of the molecule is Cc1cc(C)nc([NH+]=C(N)Nc2cccc(O)c2)n1. The van der Waals surface area contributed by atoms with Crippen molar-refractivity contribution >= 4 is 17.6 Å². The van der Waals surface area contributed by atoms with E-state index in [1.54, 1.807) is 24.3 Å². The van der Waals surface area contributed by atoms with Crippen molar-refractivity contribution in [3.05, 3.63) is 41.7 Å². The van der Waals surface area contributed by atoms with E-state index in [0.29, 0.717) is 11.6 Å². The van der Waals surface area contributed by atoms with E-state index in [4.69, 9.17) is 5.73 Å². The van der Waals surface area contributed by atoms with Gasteiger partial charge in [0.1, 0.15) is 5.75 Å². The van der Waals surface area contributed by atoms with Crippen LogP contribution in [0.4, 0.5) is 11.6 Å². The Bertz CT molecular complexity index is 604. The van der Waals surface area contributed by atoms with Crippen LogP contribution in [-0.2, 0) is 0 Å². The fourth-order valence-electron chi connectivity index (χ4n) is 1.67. The lowest BCUT2D eigenvalue weighted by molar-refractivity contribution is -0.365. The van der Waals surface area contributed by atoms with Crippen molar-refractivity contribution in [3.63, 3.8) is 0 Å². The fourth-order valence-corrected chi connectivity index (χ4v) is 1.67. The lowest BCUT2D eigenvalue weighted by Crippen LogP contribution is -2.72. The predicted octanol–water partition coefficient (Wildman–Crippen LogP) is -0.0621. The van der Waals surface area contributed by atoms with Gasteiger partial charge in [0.05, 0.1) is 17.1 Å². The molecule has 1 aromatic heterocycles. The van der Waals surface area contributed by atoms with Gasteiger partial charge in [-0.05, 0) is 26.0 Å². The molecule has 2 aromatic rings. The molecule has 98 valence electrons. The topological polar surface area (TPSA) is 98.0 Å². The summed E-state index contributed by atoms with van der Waals surface area (Å²) in [7, 11) is 0. The molecule has 0 bridgehead atoms. The number of aromatic nitrogens is 2. The van der Waals surface area contributed by atoms with Crippen LogP contribution in [0.2, 0.25) is 0 Å². The highest BCUT2D eigenvalue weighted by molar-refractivity contribution is 5.88. The Labute approximate surface area is 111 Å². The van der Waals surface area contributed by atoms with E-state index >= 15 is 0 Å². The average molecular weight is 258 g/mol. The number of phenolic OH excluding ortho intramolecular Hbond substituents is 1. The van der Waals surface area contributed by atoms with Crippen LogP contribution in [0.25, 0.3) is 0 Å². The zero-order valence-electron chi connectivity index (χ0n) is 10.8. The van der Waals surface area contributed by atoms with Crippen LogP contribution in [0.15, 0.2) is 30.3 Å². The lowest BCUT2D eigenvalue weighted by atomic mass is 10.3. The lowest BCUT2D eigenvalue weighted by Gasteiger charge is -2.01. The second-order valence-electron chi connectivity index (χ2n) is 4.19. The van der Waals surface area contributed by atoms with Gasteiger partial charge in [-0.15, -0.1) is 9.97 Å². The Kier molecular flexibility index (Phi) is 3.61. The van der Waals surface area contributed by atoms with Gasteiger partial charge in [-0.2, -0.15) is 0 Å². The van der Waals surface area contributed by atoms with Gasteiger partial charge >= 0.3 is 5.95 Å². The Morgan fingerprint density at radius 1 is 1.21 bits per heavy atom. The number of nitrogens with two attached hydrogens (primary N) is 1. The Balaban J connectivity index is 2.19. The van der Waals surface area contributed by atoms with Crippen LogP contribution in [0.1, 0.15) is 11.4 Å². The van der Waals surface area contributed by atoms with Gasteiger partial charge in [0.2, 0.25) is 0 Å². The highest BCUT2D eigenvalue weighted by atomic mass is 16.3. The first-order chi connectivity index (χ1) is 9.02. The number of nitrogens with one attached hydrogen (secondary N) is 2. The maximum absolute atomic E-state index is 9.35. The van der Waals surface area contributed by atoms with Crippen LogP contribution in [0, 0.1) is 13.8 Å². The predicted molar refractivity (Wildman–Crippen MR) is 73.1 cm³/mol. The first-order valence-electron chi connectivity index (χ1n) is 5.81. The molecule has 0 spiro atoms. The van der Waals surface area contributed by atoms with Crippen molar-refractivity contribution in [1.29, 1.82) is 0 Å². The first kappa shape index (κ1) is 12.8. The molecule has 0 aliphatic carbocycles. The van der Waals surface area contributed by atoms with E-state index in [2.05, 4.69) is 20.3 Å². The molecular formula is C13H16N5O+. The van der Waals surface area contributed by atoms with E-state index in [0.717, 1.165) is 11.4 Å². The van der Waals surface area contributed by atoms with E-state index in [1.165, 1.54) is 0 Å². The van der Waals surface area contributed by atoms with Crippen molar-refractivity contribution in [2.75, 3.05) is 5.32 Å². The summed E-state index contributed by atoms with van der Waals surface area (Å²) in [5.74, 6) is 0.888. The van der Waals surface area contributed by atoms with Crippen molar-refractivity contribution in [3.8, 4) is 5.75 Å². The maximum Gasteiger partial charge on any atom is 0.354 e. The molecule has 0 saturated carbocycles. The zero-order chi connectivity index (χ0) is 13.8. The molecule has 6 nitrogen and oxygen atoms in total. The van der Waals surface area contributed by atoms with Gasteiger partial charge in [-0.1, -0.05) is 6.07 Å². The Morgan fingerprint density at radius 3 is 2.53 bits per heavy atom. The molecule has 0 fully saturated rings. The molecular weight excluding hydrogens is 242 g/mol. The Hall–Kier alpha value is -2.63. The fraction of sp³-hybridized carbons (Fsp3) is 0.154. The number of hydrogen-bond acceptors (Lipinski definition) is 3. The van der Waals surface area contributed by atoms with E-state index < -0.39 is 0 Å². The quantitative estimate of drug-likeness (QED) is 0.447. The summed E-state index contributed by atoms with van der Waals surface area (Å²) in [5, 5.41) is 12.3. The Morgan fingerprint density at radius 2 is 1.89 bits per heavy atom. The zero-order valence-corrected chi connectivity index (χ0v) is 10.8. The molecule has 0 amide bonds. The van der Waals surface area contributed by atoms with Gasteiger partial charge in [-0.25, -0.2) is 4.99 Å². The molecule has 0 atom stereocenters. The summed E-state index contributed by atoms with van der Waals surface area (Å²) in [6.07, 6.45) is 0. The molecule has 0 aliphatic heterocycles. The minimum absolute atomic E-state index is 0.167. The number of phenols is 1. The normalized spacial score (nSPS) is 11.4. The molecule has 19 heavy (non-hydrogen) atoms. The van der Waals surface area contributed by atoms with Gasteiger partial charge in [0, 0.05) is 12.1 Å². The highest BCUT2D eigenvalue weighted by Gasteiger charge is 2.05. The number of aromatic hydroxyl groups is 1. The van der Waals surface area contributed by atoms with E-state index in [9.17, 15) is 5.11 Å². The van der Waals surface area contributed by atoms with Gasteiger partial charge in [0.25, 0.3) is 5.96 Å². The smallest absolute Gasteiger partial charge is 0.354 e. The second-order valence-corrected chi connectivity index (χ2v) is 4.19. The summed E-state index contributed by atoms with van der Waals surface area (Å²) >= 11 is 0. The second kappa shape index (κ2) is 5.34. The number of guanidine groups is 1. The van der Waals surface area contributed by atoms with Crippen LogP contribution in [0.5, 0.6) is 5.75 Å². The molecule has 2 rings (SSSR count). The molecule has 0 unspecified atom stereocenters. The van der Waals surface area contributed by atoms with Crippen LogP contribution in [0.3, 0.4) is 0 Å². The molecule has 5 N–H and O–H groups in total. The largest absolute Gasteiger partial charge is 0.508 e. The number of hydrogen-bond donors (Lipinski definition) is 4. The minimum atomic E-state index is 0.167. The third-order valence-electron chi connectivity index (χ3n) is 2.35. The van der Waals surface area contributed by atoms with Gasteiger partial charge < -0.3 is 10.8 Å². The summed E-state index contributed by atoms with van der Waals surface area (Å²) in [4.78, 5) is 11.3. The van der Waals surface area contributed by atoms with E-state index in [-0.39, 0.29) is 11.7 Å². The molecule has 1 heterocycles. The monoisotopic (exact) mass is 258 g/mol.